The average Bonchev–Trinajstić information content (AvgIpc) is 2.26. The lowest BCUT2D eigenvalue weighted by Gasteiger charge is -2.08. The molecule has 0 unspecified atom stereocenters. The third kappa shape index (κ3) is 1.79. The van der Waals surface area contributed by atoms with Crippen molar-refractivity contribution in [2.75, 3.05) is 12.3 Å². The van der Waals surface area contributed by atoms with E-state index in [2.05, 4.69) is 25.9 Å². The van der Waals surface area contributed by atoms with Crippen LogP contribution in [-0.2, 0) is 6.54 Å². The number of nitrogens with zero attached hydrogens (tertiary/aromatic N) is 3. The molecule has 16 heavy (non-hydrogen) atoms. The first-order valence-electron chi connectivity index (χ1n) is 4.56. The Bertz CT molecular complexity index is 596. The number of pyridine rings is 1. The summed E-state index contributed by atoms with van der Waals surface area (Å²) in [7, 11) is 0. The molecule has 0 atom stereocenters. The SMILES string of the molecule is Nc1ncc2cc(Br)c(=O)n(CCO)c2n1. The lowest BCUT2D eigenvalue weighted by molar-refractivity contribution is 0.276. The van der Waals surface area contributed by atoms with Crippen LogP contribution in [0.15, 0.2) is 21.5 Å². The number of rotatable bonds is 2. The van der Waals surface area contributed by atoms with Crippen molar-refractivity contribution >= 4 is 32.9 Å². The van der Waals surface area contributed by atoms with Crippen LogP contribution in [0, 0.1) is 0 Å². The Morgan fingerprint density at radius 3 is 3.00 bits per heavy atom. The van der Waals surface area contributed by atoms with Gasteiger partial charge in [0.05, 0.1) is 17.6 Å². The highest BCUT2D eigenvalue weighted by Crippen LogP contribution is 2.14. The third-order valence-electron chi connectivity index (χ3n) is 2.13. The number of aliphatic hydroxyl groups is 1. The maximum atomic E-state index is 11.8. The standard InChI is InChI=1S/C9H9BrN4O2/c10-6-3-5-4-12-9(11)13-7(5)14(1-2-15)8(6)16/h3-4,15H,1-2H2,(H2,11,12,13). The second-order valence-corrected chi connectivity index (χ2v) is 4.03. The summed E-state index contributed by atoms with van der Waals surface area (Å²) in [6, 6.07) is 1.63. The summed E-state index contributed by atoms with van der Waals surface area (Å²) in [4.78, 5) is 19.6. The Kier molecular flexibility index (Phi) is 2.88. The molecule has 0 aliphatic heterocycles. The van der Waals surface area contributed by atoms with Crippen molar-refractivity contribution < 1.29 is 5.11 Å². The molecule has 0 saturated carbocycles. The first-order chi connectivity index (χ1) is 7.63. The lowest BCUT2D eigenvalue weighted by atomic mass is 10.3. The molecule has 3 N–H and O–H groups in total. The van der Waals surface area contributed by atoms with E-state index in [4.69, 9.17) is 10.8 Å². The molecule has 2 rings (SSSR count). The molecule has 0 spiro atoms. The smallest absolute Gasteiger partial charge is 0.266 e. The van der Waals surface area contributed by atoms with E-state index in [1.54, 1.807) is 6.07 Å². The third-order valence-corrected chi connectivity index (χ3v) is 2.69. The topological polar surface area (TPSA) is 94.0 Å². The van der Waals surface area contributed by atoms with Gasteiger partial charge >= 0.3 is 0 Å². The van der Waals surface area contributed by atoms with Crippen LogP contribution < -0.4 is 11.3 Å². The Hall–Kier alpha value is -1.47. The summed E-state index contributed by atoms with van der Waals surface area (Å²) in [6.45, 7) is 0.0284. The highest BCUT2D eigenvalue weighted by Gasteiger charge is 2.08. The van der Waals surface area contributed by atoms with Gasteiger partial charge in [-0.1, -0.05) is 0 Å². The van der Waals surface area contributed by atoms with Gasteiger partial charge in [0.25, 0.3) is 5.56 Å². The van der Waals surface area contributed by atoms with E-state index in [1.807, 2.05) is 0 Å². The number of aliphatic hydroxyl groups excluding tert-OH is 1. The molecule has 0 aliphatic carbocycles. The van der Waals surface area contributed by atoms with E-state index in [-0.39, 0.29) is 24.7 Å². The Balaban J connectivity index is 2.85. The maximum absolute atomic E-state index is 11.8. The summed E-state index contributed by atoms with van der Waals surface area (Å²) >= 11 is 3.15. The summed E-state index contributed by atoms with van der Waals surface area (Å²) in [6.07, 6.45) is 1.54. The number of anilines is 1. The molecule has 0 radical (unpaired) electrons. The number of aromatic nitrogens is 3. The normalized spacial score (nSPS) is 10.9. The van der Waals surface area contributed by atoms with Crippen molar-refractivity contribution in [2.24, 2.45) is 0 Å². The zero-order valence-electron chi connectivity index (χ0n) is 8.22. The summed E-state index contributed by atoms with van der Waals surface area (Å²) in [5.74, 6) is 0.0981. The van der Waals surface area contributed by atoms with Crippen molar-refractivity contribution in [3.63, 3.8) is 0 Å². The Labute approximate surface area is 98.9 Å². The minimum Gasteiger partial charge on any atom is -0.395 e. The number of nitrogen functional groups attached to an aromatic ring is 1. The fourth-order valence-corrected chi connectivity index (χ4v) is 1.90. The molecule has 0 bridgehead atoms. The average molecular weight is 285 g/mol. The van der Waals surface area contributed by atoms with Gasteiger partial charge in [-0.25, -0.2) is 4.98 Å². The van der Waals surface area contributed by atoms with E-state index in [9.17, 15) is 4.79 Å². The number of hydrogen-bond donors (Lipinski definition) is 2. The van der Waals surface area contributed by atoms with Crippen molar-refractivity contribution in [1.29, 1.82) is 0 Å². The van der Waals surface area contributed by atoms with Crippen LogP contribution in [0.4, 0.5) is 5.95 Å². The molecular formula is C9H9BrN4O2. The molecular weight excluding hydrogens is 276 g/mol. The number of fused-ring (bicyclic) bond motifs is 1. The predicted molar refractivity (Wildman–Crippen MR) is 63.0 cm³/mol. The molecule has 2 aromatic heterocycles. The fourth-order valence-electron chi connectivity index (χ4n) is 1.44. The second kappa shape index (κ2) is 4.18. The van der Waals surface area contributed by atoms with Gasteiger partial charge in [-0.05, 0) is 22.0 Å². The summed E-state index contributed by atoms with van der Waals surface area (Å²) in [5.41, 5.74) is 5.64. The molecule has 2 aromatic rings. The molecule has 7 heteroatoms. The first kappa shape index (κ1) is 11.0. The van der Waals surface area contributed by atoms with E-state index in [1.165, 1.54) is 10.8 Å². The van der Waals surface area contributed by atoms with Gasteiger partial charge in [-0.3, -0.25) is 9.36 Å². The van der Waals surface area contributed by atoms with Gasteiger partial charge in [0.1, 0.15) is 5.65 Å². The molecule has 0 aliphatic rings. The molecule has 0 amide bonds. The Morgan fingerprint density at radius 1 is 1.56 bits per heavy atom. The van der Waals surface area contributed by atoms with Crippen LogP contribution >= 0.6 is 15.9 Å². The molecule has 0 aromatic carbocycles. The van der Waals surface area contributed by atoms with Crippen molar-refractivity contribution in [1.82, 2.24) is 14.5 Å². The second-order valence-electron chi connectivity index (χ2n) is 3.18. The van der Waals surface area contributed by atoms with Crippen LogP contribution in [0.3, 0.4) is 0 Å². The molecule has 0 saturated heterocycles. The van der Waals surface area contributed by atoms with E-state index < -0.39 is 0 Å². The largest absolute Gasteiger partial charge is 0.395 e. The van der Waals surface area contributed by atoms with E-state index in [0.717, 1.165) is 0 Å². The lowest BCUT2D eigenvalue weighted by Crippen LogP contribution is -2.23. The quantitative estimate of drug-likeness (QED) is 0.817. The first-order valence-corrected chi connectivity index (χ1v) is 5.35. The maximum Gasteiger partial charge on any atom is 0.266 e. The van der Waals surface area contributed by atoms with Gasteiger partial charge in [-0.15, -0.1) is 0 Å². The highest BCUT2D eigenvalue weighted by molar-refractivity contribution is 9.10. The van der Waals surface area contributed by atoms with Crippen LogP contribution in [0.5, 0.6) is 0 Å². The minimum atomic E-state index is -0.250. The number of nitrogens with two attached hydrogens (primary N) is 1. The van der Waals surface area contributed by atoms with Gasteiger partial charge < -0.3 is 10.8 Å². The minimum absolute atomic E-state index is 0.0981. The number of hydrogen-bond acceptors (Lipinski definition) is 5. The molecule has 2 heterocycles. The fraction of sp³-hybridized carbons (Fsp3) is 0.222. The van der Waals surface area contributed by atoms with Gasteiger partial charge in [0.15, 0.2) is 0 Å². The zero-order valence-corrected chi connectivity index (χ0v) is 9.81. The van der Waals surface area contributed by atoms with Crippen molar-refractivity contribution in [3.8, 4) is 0 Å². The van der Waals surface area contributed by atoms with E-state index >= 15 is 0 Å². The van der Waals surface area contributed by atoms with Crippen molar-refractivity contribution in [2.45, 2.75) is 6.54 Å². The van der Waals surface area contributed by atoms with Gasteiger partial charge in [0.2, 0.25) is 5.95 Å². The summed E-state index contributed by atoms with van der Waals surface area (Å²) < 4.78 is 1.76. The van der Waals surface area contributed by atoms with Crippen LogP contribution in [0.25, 0.3) is 11.0 Å². The molecule has 84 valence electrons. The zero-order chi connectivity index (χ0) is 11.7. The van der Waals surface area contributed by atoms with Crippen LogP contribution in [-0.4, -0.2) is 26.2 Å². The van der Waals surface area contributed by atoms with Crippen LogP contribution in [0.2, 0.25) is 0 Å². The van der Waals surface area contributed by atoms with Crippen LogP contribution in [0.1, 0.15) is 0 Å². The highest BCUT2D eigenvalue weighted by atomic mass is 79.9. The monoisotopic (exact) mass is 284 g/mol. The van der Waals surface area contributed by atoms with Gasteiger partial charge in [-0.2, -0.15) is 4.98 Å². The molecule has 6 nitrogen and oxygen atoms in total. The Morgan fingerprint density at radius 2 is 2.31 bits per heavy atom. The summed E-state index contributed by atoms with van der Waals surface area (Å²) in [5, 5.41) is 9.60. The van der Waals surface area contributed by atoms with E-state index in [0.29, 0.717) is 15.5 Å². The van der Waals surface area contributed by atoms with Gasteiger partial charge in [0, 0.05) is 11.6 Å². The van der Waals surface area contributed by atoms with Crippen molar-refractivity contribution in [3.05, 3.63) is 27.1 Å². The predicted octanol–water partition coefficient (Wildman–Crippen LogP) is 0.128. The number of halogens is 1. The molecule has 0 fully saturated rings.